The van der Waals surface area contributed by atoms with Crippen LogP contribution in [-0.4, -0.2) is 64.4 Å². The summed E-state index contributed by atoms with van der Waals surface area (Å²) in [5, 5.41) is 2.80. The van der Waals surface area contributed by atoms with Crippen molar-refractivity contribution in [2.45, 2.75) is 32.9 Å². The Morgan fingerprint density at radius 2 is 1.89 bits per heavy atom. The Balaban J connectivity index is 1.91. The minimum Gasteiger partial charge on any atom is -0.497 e. The summed E-state index contributed by atoms with van der Waals surface area (Å²) in [7, 11) is -2.30. The summed E-state index contributed by atoms with van der Waals surface area (Å²) < 4.78 is 42.2. The molecule has 0 radical (unpaired) electrons. The third-order valence-corrected chi connectivity index (χ3v) is 6.67. The molecular formula is C24H31N3O7S. The lowest BCUT2D eigenvalue weighted by Crippen LogP contribution is -2.51. The Morgan fingerprint density at radius 1 is 1.14 bits per heavy atom. The van der Waals surface area contributed by atoms with Crippen LogP contribution >= 0.6 is 0 Å². The number of hydrogen-bond donors (Lipinski definition) is 1. The highest BCUT2D eigenvalue weighted by molar-refractivity contribution is 7.92. The lowest BCUT2D eigenvalue weighted by atomic mass is 10.1. The second-order valence-corrected chi connectivity index (χ2v) is 10.1. The van der Waals surface area contributed by atoms with Gasteiger partial charge in [0.1, 0.15) is 18.3 Å². The van der Waals surface area contributed by atoms with Gasteiger partial charge in [0.2, 0.25) is 28.6 Å². The van der Waals surface area contributed by atoms with Crippen LogP contribution < -0.4 is 23.8 Å². The van der Waals surface area contributed by atoms with E-state index in [-0.39, 0.29) is 24.9 Å². The molecule has 0 spiro atoms. The number of ether oxygens (including phenoxy) is 3. The molecular weight excluding hydrogens is 474 g/mol. The standard InChI is InChI=1S/C24H31N3O7S/c1-5-11-25-24(29)17(2)26(14-18-7-6-8-20(12-18)32-3)23(28)15-27(35(4,30)31)19-9-10-21-22(13-19)34-16-33-21/h6-10,12-13,17H,5,11,14-16H2,1-4H3,(H,25,29)/t17-/m1/s1. The van der Waals surface area contributed by atoms with Crippen LogP contribution in [0.1, 0.15) is 25.8 Å². The third kappa shape index (κ3) is 6.56. The van der Waals surface area contributed by atoms with Crippen LogP contribution in [0.15, 0.2) is 42.5 Å². The molecule has 0 unspecified atom stereocenters. The SMILES string of the molecule is CCCNC(=O)[C@@H](C)N(Cc1cccc(OC)c1)C(=O)CN(c1ccc2c(c1)OCO2)S(C)(=O)=O. The van der Waals surface area contributed by atoms with Crippen molar-refractivity contribution in [2.24, 2.45) is 0 Å². The molecule has 1 aliphatic rings. The summed E-state index contributed by atoms with van der Waals surface area (Å²) in [6.45, 7) is 3.66. The maximum atomic E-state index is 13.5. The van der Waals surface area contributed by atoms with Gasteiger partial charge in [0.25, 0.3) is 0 Å². The first-order valence-electron chi connectivity index (χ1n) is 11.2. The van der Waals surface area contributed by atoms with Crippen molar-refractivity contribution in [3.63, 3.8) is 0 Å². The van der Waals surface area contributed by atoms with Crippen molar-refractivity contribution in [3.05, 3.63) is 48.0 Å². The maximum absolute atomic E-state index is 13.5. The second-order valence-electron chi connectivity index (χ2n) is 8.15. The zero-order valence-corrected chi connectivity index (χ0v) is 21.1. The average Bonchev–Trinajstić information content (AvgIpc) is 3.31. The Hall–Kier alpha value is -3.47. The van der Waals surface area contributed by atoms with E-state index in [1.807, 2.05) is 13.0 Å². The molecule has 1 heterocycles. The number of benzene rings is 2. The second kappa shape index (κ2) is 11.3. The molecule has 3 rings (SSSR count). The first-order chi connectivity index (χ1) is 16.6. The molecule has 0 saturated heterocycles. The number of rotatable bonds is 11. The molecule has 0 aliphatic carbocycles. The van der Waals surface area contributed by atoms with Gasteiger partial charge in [-0.25, -0.2) is 8.42 Å². The zero-order valence-electron chi connectivity index (χ0n) is 20.3. The number of carbonyl (C=O) groups excluding carboxylic acids is 2. The minimum absolute atomic E-state index is 0.0370. The van der Waals surface area contributed by atoms with Crippen LogP contribution in [0.5, 0.6) is 17.2 Å². The van der Waals surface area contributed by atoms with E-state index in [1.165, 1.54) is 18.1 Å². The summed E-state index contributed by atoms with van der Waals surface area (Å²) in [6, 6.07) is 11.0. The highest BCUT2D eigenvalue weighted by Crippen LogP contribution is 2.36. The Bertz CT molecular complexity index is 1170. The fourth-order valence-corrected chi connectivity index (χ4v) is 4.44. The highest BCUT2D eigenvalue weighted by atomic mass is 32.2. The molecule has 1 N–H and O–H groups in total. The van der Waals surface area contributed by atoms with Gasteiger partial charge < -0.3 is 24.4 Å². The molecule has 190 valence electrons. The van der Waals surface area contributed by atoms with Crippen LogP contribution in [0.2, 0.25) is 0 Å². The largest absolute Gasteiger partial charge is 0.497 e. The number of carbonyl (C=O) groups is 2. The molecule has 0 saturated carbocycles. The van der Waals surface area contributed by atoms with E-state index in [4.69, 9.17) is 14.2 Å². The summed E-state index contributed by atoms with van der Waals surface area (Å²) in [5.74, 6) is 0.641. The van der Waals surface area contributed by atoms with Gasteiger partial charge in [-0.3, -0.25) is 13.9 Å². The van der Waals surface area contributed by atoms with E-state index in [0.29, 0.717) is 23.8 Å². The van der Waals surface area contributed by atoms with E-state index in [0.717, 1.165) is 22.5 Å². The lowest BCUT2D eigenvalue weighted by molar-refractivity contribution is -0.139. The summed E-state index contributed by atoms with van der Waals surface area (Å²) >= 11 is 0. The summed E-state index contributed by atoms with van der Waals surface area (Å²) in [4.78, 5) is 27.7. The van der Waals surface area contributed by atoms with Crippen LogP contribution in [0, 0.1) is 0 Å². The van der Waals surface area contributed by atoms with Crippen LogP contribution in [0.3, 0.4) is 0 Å². The van der Waals surface area contributed by atoms with E-state index in [9.17, 15) is 18.0 Å². The number of nitrogens with one attached hydrogen (secondary N) is 1. The number of methoxy groups -OCH3 is 1. The molecule has 10 nitrogen and oxygen atoms in total. The highest BCUT2D eigenvalue weighted by Gasteiger charge is 2.30. The van der Waals surface area contributed by atoms with E-state index < -0.39 is 28.5 Å². The van der Waals surface area contributed by atoms with Crippen molar-refractivity contribution >= 4 is 27.5 Å². The van der Waals surface area contributed by atoms with Gasteiger partial charge >= 0.3 is 0 Å². The zero-order chi connectivity index (χ0) is 25.6. The Morgan fingerprint density at radius 3 is 2.57 bits per heavy atom. The number of hydrogen-bond acceptors (Lipinski definition) is 7. The quantitative estimate of drug-likeness (QED) is 0.498. The van der Waals surface area contributed by atoms with Crippen LogP contribution in [0.4, 0.5) is 5.69 Å². The summed E-state index contributed by atoms with van der Waals surface area (Å²) in [5.41, 5.74) is 0.997. The van der Waals surface area contributed by atoms with Crippen molar-refractivity contribution in [1.82, 2.24) is 10.2 Å². The van der Waals surface area contributed by atoms with Crippen molar-refractivity contribution in [2.75, 3.05) is 37.6 Å². The van der Waals surface area contributed by atoms with E-state index in [2.05, 4.69) is 5.32 Å². The number of fused-ring (bicyclic) bond motifs is 1. The molecule has 0 bridgehead atoms. The number of sulfonamides is 1. The third-order valence-electron chi connectivity index (χ3n) is 5.53. The van der Waals surface area contributed by atoms with Gasteiger partial charge in [0.15, 0.2) is 11.5 Å². The number of anilines is 1. The normalized spacial score (nSPS) is 13.1. The Kier molecular flexibility index (Phi) is 8.44. The average molecular weight is 506 g/mol. The van der Waals surface area contributed by atoms with Gasteiger partial charge in [0.05, 0.1) is 19.1 Å². The predicted octanol–water partition coefficient (Wildman–Crippen LogP) is 2.13. The smallest absolute Gasteiger partial charge is 0.244 e. The van der Waals surface area contributed by atoms with Crippen LogP contribution in [0.25, 0.3) is 0 Å². The number of amides is 2. The predicted molar refractivity (Wildman–Crippen MR) is 131 cm³/mol. The Labute approximate surface area is 205 Å². The maximum Gasteiger partial charge on any atom is 0.244 e. The molecule has 11 heteroatoms. The monoisotopic (exact) mass is 505 g/mol. The topological polar surface area (TPSA) is 114 Å². The molecule has 35 heavy (non-hydrogen) atoms. The first kappa shape index (κ1) is 26.1. The molecule has 1 aliphatic heterocycles. The van der Waals surface area contributed by atoms with Gasteiger partial charge in [-0.1, -0.05) is 19.1 Å². The van der Waals surface area contributed by atoms with Crippen molar-refractivity contribution in [3.8, 4) is 17.2 Å². The fourth-order valence-electron chi connectivity index (χ4n) is 3.60. The lowest BCUT2D eigenvalue weighted by Gasteiger charge is -2.31. The molecule has 1 atom stereocenters. The van der Waals surface area contributed by atoms with Gasteiger partial charge in [-0.15, -0.1) is 0 Å². The minimum atomic E-state index is -3.84. The van der Waals surface area contributed by atoms with Crippen LogP contribution in [-0.2, 0) is 26.2 Å². The molecule has 2 amide bonds. The fraction of sp³-hybridized carbons (Fsp3) is 0.417. The van der Waals surface area contributed by atoms with Gasteiger partial charge in [-0.2, -0.15) is 0 Å². The molecule has 0 aromatic heterocycles. The first-order valence-corrected chi connectivity index (χ1v) is 13.1. The molecule has 2 aromatic rings. The molecule has 2 aromatic carbocycles. The van der Waals surface area contributed by atoms with E-state index >= 15 is 0 Å². The van der Waals surface area contributed by atoms with Crippen molar-refractivity contribution < 1.29 is 32.2 Å². The summed E-state index contributed by atoms with van der Waals surface area (Å²) in [6.07, 6.45) is 1.77. The van der Waals surface area contributed by atoms with Crippen molar-refractivity contribution in [1.29, 1.82) is 0 Å². The van der Waals surface area contributed by atoms with Gasteiger partial charge in [0, 0.05) is 19.2 Å². The van der Waals surface area contributed by atoms with E-state index in [1.54, 1.807) is 37.3 Å². The molecule has 0 fully saturated rings. The number of nitrogens with zero attached hydrogens (tertiary/aromatic N) is 2. The van der Waals surface area contributed by atoms with Gasteiger partial charge in [-0.05, 0) is 43.2 Å².